The van der Waals surface area contributed by atoms with E-state index in [2.05, 4.69) is 9.80 Å². The monoisotopic (exact) mass is 660 g/mol. The van der Waals surface area contributed by atoms with Crippen LogP contribution in [0.4, 0.5) is 9.59 Å². The first-order chi connectivity index (χ1) is 21.2. The van der Waals surface area contributed by atoms with Crippen LogP contribution in [0.25, 0.3) is 0 Å². The van der Waals surface area contributed by atoms with Crippen LogP contribution in [0.5, 0.6) is 0 Å². The van der Waals surface area contributed by atoms with Crippen LogP contribution in [0.3, 0.4) is 0 Å². The quantitative estimate of drug-likeness (QED) is 0.318. The van der Waals surface area contributed by atoms with Crippen LogP contribution in [0, 0.1) is 0 Å². The number of piperidine rings is 2. The van der Waals surface area contributed by atoms with Crippen molar-refractivity contribution >= 4 is 41.7 Å². The van der Waals surface area contributed by atoms with Crippen LogP contribution >= 0.6 is 0 Å². The van der Waals surface area contributed by atoms with E-state index < -0.39 is 94.1 Å². The molecule has 2 spiro atoms. The van der Waals surface area contributed by atoms with Gasteiger partial charge in [0.25, 0.3) is 11.8 Å². The van der Waals surface area contributed by atoms with Crippen molar-refractivity contribution in [2.75, 3.05) is 27.2 Å². The van der Waals surface area contributed by atoms with E-state index in [1.54, 1.807) is 0 Å². The number of likely N-dealkylation sites (tertiary alicyclic amines) is 2. The molecular formula is C33H52N6O8. The first-order valence-corrected chi connectivity index (χ1v) is 16.2. The van der Waals surface area contributed by atoms with Crippen molar-refractivity contribution < 1.29 is 38.3 Å². The summed E-state index contributed by atoms with van der Waals surface area (Å²) in [5.74, 6) is -3.16. The maximum atomic E-state index is 14.4. The lowest BCUT2D eigenvalue weighted by atomic mass is 9.68. The number of hydrogen-bond acceptors (Lipinski definition) is 10. The minimum atomic E-state index is -1.48. The minimum absolute atomic E-state index is 0.179. The zero-order chi connectivity index (χ0) is 36.0. The molecule has 262 valence electrons. The van der Waals surface area contributed by atoms with Crippen molar-refractivity contribution in [1.82, 2.24) is 29.4 Å². The van der Waals surface area contributed by atoms with Gasteiger partial charge in [0.2, 0.25) is 11.8 Å². The summed E-state index contributed by atoms with van der Waals surface area (Å²) < 4.78 is 5.55. The van der Waals surface area contributed by atoms with Gasteiger partial charge in [-0.1, -0.05) is 0 Å². The van der Waals surface area contributed by atoms with Crippen LogP contribution in [0.1, 0.15) is 102 Å². The molecule has 0 N–H and O–H groups in total. The molecule has 0 unspecified atom stereocenters. The first kappa shape index (κ1) is 36.4. The Balaban J connectivity index is 1.72. The van der Waals surface area contributed by atoms with Gasteiger partial charge in [-0.2, -0.15) is 0 Å². The number of rotatable bonds is 5. The molecule has 0 aromatic heterocycles. The normalized spacial score (nSPS) is 26.3. The van der Waals surface area contributed by atoms with Crippen molar-refractivity contribution in [3.63, 3.8) is 0 Å². The summed E-state index contributed by atoms with van der Waals surface area (Å²) in [6.45, 7) is 18.2. The van der Waals surface area contributed by atoms with E-state index >= 15 is 0 Å². The second-order valence-corrected chi connectivity index (χ2v) is 16.5. The van der Waals surface area contributed by atoms with Gasteiger partial charge in [0, 0.05) is 42.9 Å². The SMILES string of the molecule is CC(=O)OC(CN1C(=O)N(C(C)=O)C2(CC(C)(C)N(C)C(C)(C)C2)C1=O)CN1C(=O)N(C(C)=O)C2(CC(C)(C)N(C)C(C)(C)C2)C1=O. The van der Waals surface area contributed by atoms with Gasteiger partial charge in [-0.3, -0.25) is 43.6 Å². The van der Waals surface area contributed by atoms with Crippen molar-refractivity contribution in [3.8, 4) is 0 Å². The highest BCUT2D eigenvalue weighted by molar-refractivity contribution is 6.15. The average molecular weight is 661 g/mol. The predicted molar refractivity (Wildman–Crippen MR) is 171 cm³/mol. The highest BCUT2D eigenvalue weighted by Gasteiger charge is 2.68. The Morgan fingerprint density at radius 2 is 0.872 bits per heavy atom. The summed E-state index contributed by atoms with van der Waals surface area (Å²) in [6, 6.07) is -1.70. The molecule has 8 amide bonds. The third-order valence-electron chi connectivity index (χ3n) is 11.3. The van der Waals surface area contributed by atoms with Crippen molar-refractivity contribution in [3.05, 3.63) is 0 Å². The lowest BCUT2D eigenvalue weighted by Gasteiger charge is -2.57. The molecule has 0 aliphatic carbocycles. The Labute approximate surface area is 277 Å². The van der Waals surface area contributed by atoms with E-state index in [1.165, 1.54) is 13.8 Å². The van der Waals surface area contributed by atoms with Gasteiger partial charge >= 0.3 is 18.0 Å². The maximum Gasteiger partial charge on any atom is 0.334 e. The van der Waals surface area contributed by atoms with Crippen LogP contribution in [0.15, 0.2) is 0 Å². The molecular weight excluding hydrogens is 608 g/mol. The molecule has 0 radical (unpaired) electrons. The number of hydrogen-bond donors (Lipinski definition) is 0. The fraction of sp³-hybridized carbons (Fsp3) is 0.788. The molecule has 4 rings (SSSR count). The number of ether oxygens (including phenoxy) is 1. The largest absolute Gasteiger partial charge is 0.459 e. The number of esters is 1. The zero-order valence-electron chi connectivity index (χ0n) is 30.3. The van der Waals surface area contributed by atoms with E-state index in [9.17, 15) is 33.6 Å². The molecule has 14 nitrogen and oxygen atoms in total. The van der Waals surface area contributed by atoms with Crippen LogP contribution in [0.2, 0.25) is 0 Å². The Kier molecular flexibility index (Phi) is 8.59. The number of urea groups is 2. The maximum absolute atomic E-state index is 14.4. The van der Waals surface area contributed by atoms with Gasteiger partial charge in [-0.05, 0) is 95.2 Å². The predicted octanol–water partition coefficient (Wildman–Crippen LogP) is 2.58. The topological polar surface area (TPSA) is 148 Å². The van der Waals surface area contributed by atoms with Gasteiger partial charge in [0.15, 0.2) is 0 Å². The summed E-state index contributed by atoms with van der Waals surface area (Å²) in [4.78, 5) is 103. The molecule has 0 aromatic carbocycles. The number of carbonyl (C=O) groups is 7. The summed E-state index contributed by atoms with van der Waals surface area (Å²) >= 11 is 0. The van der Waals surface area contributed by atoms with Crippen molar-refractivity contribution in [1.29, 1.82) is 0 Å². The number of nitrogens with zero attached hydrogens (tertiary/aromatic N) is 6. The number of carbonyl (C=O) groups excluding carboxylic acids is 7. The van der Waals surface area contributed by atoms with Crippen LogP contribution in [-0.4, -0.2) is 138 Å². The van der Waals surface area contributed by atoms with Gasteiger partial charge in [-0.25, -0.2) is 19.4 Å². The molecule has 47 heavy (non-hydrogen) atoms. The van der Waals surface area contributed by atoms with E-state index in [4.69, 9.17) is 4.74 Å². The molecule has 4 aliphatic heterocycles. The zero-order valence-corrected chi connectivity index (χ0v) is 30.3. The van der Waals surface area contributed by atoms with Crippen LogP contribution < -0.4 is 0 Å². The fourth-order valence-corrected chi connectivity index (χ4v) is 9.16. The Morgan fingerprint density at radius 3 is 1.11 bits per heavy atom. The molecule has 4 heterocycles. The number of amides is 8. The molecule has 0 atom stereocenters. The summed E-state index contributed by atoms with van der Waals surface area (Å²) in [6.07, 6.45) is -0.604. The Bertz CT molecular complexity index is 1300. The highest BCUT2D eigenvalue weighted by Crippen LogP contribution is 2.50. The van der Waals surface area contributed by atoms with Crippen molar-refractivity contribution in [2.24, 2.45) is 0 Å². The lowest BCUT2D eigenvalue weighted by molar-refractivity contribution is -0.156. The average Bonchev–Trinajstić information content (AvgIpc) is 3.18. The molecule has 0 saturated carbocycles. The highest BCUT2D eigenvalue weighted by atomic mass is 16.5. The Hall–Kier alpha value is -3.39. The van der Waals surface area contributed by atoms with E-state index in [0.717, 1.165) is 26.5 Å². The molecule has 14 heteroatoms. The fourth-order valence-electron chi connectivity index (χ4n) is 9.16. The number of imide groups is 4. The van der Waals surface area contributed by atoms with Gasteiger partial charge in [0.1, 0.15) is 17.2 Å². The third kappa shape index (κ3) is 5.54. The Morgan fingerprint density at radius 1 is 0.596 bits per heavy atom. The van der Waals surface area contributed by atoms with E-state index in [1.807, 2.05) is 69.5 Å². The van der Waals surface area contributed by atoms with Gasteiger partial charge < -0.3 is 4.74 Å². The molecule has 0 aromatic rings. The molecule has 4 saturated heterocycles. The van der Waals surface area contributed by atoms with Gasteiger partial charge in [-0.15, -0.1) is 0 Å². The van der Waals surface area contributed by atoms with Crippen LogP contribution in [-0.2, 0) is 28.7 Å². The summed E-state index contributed by atoms with van der Waals surface area (Å²) in [7, 11) is 3.88. The van der Waals surface area contributed by atoms with E-state index in [0.29, 0.717) is 0 Å². The second kappa shape index (κ2) is 11.1. The minimum Gasteiger partial charge on any atom is -0.459 e. The standard InChI is InChI=1S/C33H52N6O8/c1-20(40)38-26(45)36(24(43)32(38)16-28(4,5)34(12)29(6,7)17-32)14-23(47-22(3)42)15-37-25(44)33(39(21(2)41)27(37)46)18-30(8,9)35(13)31(10,11)19-33/h23H,14-19H2,1-13H3. The lowest BCUT2D eigenvalue weighted by Crippen LogP contribution is -2.69. The van der Waals surface area contributed by atoms with Crippen molar-refractivity contribution in [2.45, 2.75) is 141 Å². The third-order valence-corrected chi connectivity index (χ3v) is 11.3. The second-order valence-electron chi connectivity index (χ2n) is 16.5. The first-order valence-electron chi connectivity index (χ1n) is 16.2. The van der Waals surface area contributed by atoms with E-state index in [-0.39, 0.29) is 25.7 Å². The molecule has 0 bridgehead atoms. The summed E-state index contributed by atoms with van der Waals surface area (Å²) in [5, 5.41) is 0. The molecule has 4 aliphatic rings. The van der Waals surface area contributed by atoms with Gasteiger partial charge in [0.05, 0.1) is 13.1 Å². The smallest absolute Gasteiger partial charge is 0.334 e. The summed E-state index contributed by atoms with van der Waals surface area (Å²) in [5.41, 5.74) is -5.28. The molecule has 4 fully saturated rings.